The largest absolute Gasteiger partial charge is 0.430 e. The van der Waals surface area contributed by atoms with E-state index in [0.29, 0.717) is 6.42 Å². The Morgan fingerprint density at radius 3 is 1.40 bits per heavy atom. The van der Waals surface area contributed by atoms with Gasteiger partial charge >= 0.3 is 6.18 Å². The average Bonchev–Trinajstić information content (AvgIpc) is 3.85. The van der Waals surface area contributed by atoms with Crippen molar-refractivity contribution in [3.05, 3.63) is 179 Å². The summed E-state index contributed by atoms with van der Waals surface area (Å²) in [7, 11) is 0.901. The van der Waals surface area contributed by atoms with Gasteiger partial charge < -0.3 is 4.74 Å². The minimum absolute atomic E-state index is 0.223. The number of rotatable bonds is 8. The highest BCUT2D eigenvalue weighted by Gasteiger charge is 2.66. The summed E-state index contributed by atoms with van der Waals surface area (Å²) < 4.78 is 49.8. The van der Waals surface area contributed by atoms with Crippen molar-refractivity contribution < 1.29 is 22.7 Å². The average molecular weight is 601 g/mol. The lowest BCUT2D eigenvalue weighted by molar-refractivity contribution is -0.262. The van der Waals surface area contributed by atoms with Crippen LogP contribution in [0.15, 0.2) is 152 Å². The van der Waals surface area contributed by atoms with E-state index < -0.39 is 28.4 Å². The van der Waals surface area contributed by atoms with Crippen LogP contribution in [0.5, 0.6) is 0 Å². The second-order valence-electron chi connectivity index (χ2n) is 11.3. The van der Waals surface area contributed by atoms with E-state index in [2.05, 4.69) is 36.1 Å². The fourth-order valence-electron chi connectivity index (χ4n) is 6.93. The summed E-state index contributed by atoms with van der Waals surface area (Å²) in [4.78, 5) is 14.0. The van der Waals surface area contributed by atoms with Gasteiger partial charge in [0.05, 0.1) is 5.41 Å². The molecule has 0 unspecified atom stereocenters. The van der Waals surface area contributed by atoms with Crippen LogP contribution in [0.25, 0.3) is 0 Å². The fourth-order valence-corrected chi connectivity index (χ4v) is 6.93. The summed E-state index contributed by atoms with van der Waals surface area (Å²) in [6.07, 6.45) is -4.39. The molecule has 5 heteroatoms. The predicted octanol–water partition coefficient (Wildman–Crippen LogP) is 8.66. The molecule has 2 atom stereocenters. The maximum absolute atomic E-state index is 14.9. The van der Waals surface area contributed by atoms with Gasteiger partial charge in [-0.05, 0) is 40.5 Å². The number of hydrogen-bond donors (Lipinski definition) is 0. The SMILES string of the molecule is CO[C@@](C(=O)C#CC(c1ccccc1)(c1ccccc1)[C@H]1CC1(c1ccccc1)c1ccccc1)(c1ccccc1)C(F)(F)F. The van der Waals surface area contributed by atoms with Crippen LogP contribution in [0.2, 0.25) is 0 Å². The van der Waals surface area contributed by atoms with Crippen LogP contribution in [0, 0.1) is 17.8 Å². The van der Waals surface area contributed by atoms with Gasteiger partial charge in [0.25, 0.3) is 11.4 Å². The molecule has 224 valence electrons. The van der Waals surface area contributed by atoms with Crippen LogP contribution in [-0.4, -0.2) is 19.1 Å². The van der Waals surface area contributed by atoms with Gasteiger partial charge in [-0.3, -0.25) is 4.79 Å². The van der Waals surface area contributed by atoms with E-state index in [-0.39, 0.29) is 11.5 Å². The van der Waals surface area contributed by atoms with E-state index in [1.54, 1.807) is 6.07 Å². The van der Waals surface area contributed by atoms with Crippen LogP contribution in [-0.2, 0) is 26.0 Å². The Balaban J connectivity index is 1.63. The van der Waals surface area contributed by atoms with Gasteiger partial charge in [-0.1, -0.05) is 158 Å². The van der Waals surface area contributed by atoms with Crippen molar-refractivity contribution >= 4 is 5.78 Å². The molecule has 0 bridgehead atoms. The normalized spacial score (nSPS) is 16.9. The molecule has 1 aliphatic rings. The van der Waals surface area contributed by atoms with Gasteiger partial charge in [0.1, 0.15) is 0 Å². The first-order valence-corrected chi connectivity index (χ1v) is 14.8. The number of carbonyl (C=O) groups is 1. The van der Waals surface area contributed by atoms with Crippen LogP contribution in [0.1, 0.15) is 34.2 Å². The molecule has 0 saturated heterocycles. The zero-order valence-corrected chi connectivity index (χ0v) is 24.7. The maximum Gasteiger partial charge on any atom is 0.430 e. The first-order valence-electron chi connectivity index (χ1n) is 14.8. The molecule has 5 aromatic rings. The Morgan fingerprint density at radius 2 is 1.02 bits per heavy atom. The standard InChI is InChI=1S/C40H31F3O2/c1-45-39(40(41,42)43,34-25-15-6-16-26-34)36(44)27-28-37(30-17-7-2-8-18-30,31-19-9-3-10-20-31)35-29-38(35,32-21-11-4-12-22-32)33-23-13-5-14-24-33/h2-26,35H,29H2,1H3/t35-,39-/m1/s1. The molecule has 5 aromatic carbocycles. The third kappa shape index (κ3) is 4.96. The van der Waals surface area contributed by atoms with Crippen LogP contribution in [0.4, 0.5) is 13.2 Å². The van der Waals surface area contributed by atoms with Gasteiger partial charge in [-0.15, -0.1) is 0 Å². The lowest BCUT2D eigenvalue weighted by Crippen LogP contribution is -2.50. The molecule has 1 aliphatic carbocycles. The van der Waals surface area contributed by atoms with Crippen molar-refractivity contribution in [1.29, 1.82) is 0 Å². The summed E-state index contributed by atoms with van der Waals surface area (Å²) in [5, 5.41) is 0. The zero-order valence-electron chi connectivity index (χ0n) is 24.7. The van der Waals surface area contributed by atoms with Crippen molar-refractivity contribution in [2.24, 2.45) is 5.92 Å². The number of ketones is 1. The van der Waals surface area contributed by atoms with E-state index in [1.165, 1.54) is 24.3 Å². The first kappa shape index (κ1) is 30.1. The molecular formula is C40H31F3O2. The number of alkyl halides is 3. The molecule has 0 spiro atoms. The van der Waals surface area contributed by atoms with Crippen molar-refractivity contribution in [1.82, 2.24) is 0 Å². The van der Waals surface area contributed by atoms with E-state index in [1.807, 2.05) is 97.1 Å². The number of ether oxygens (including phenoxy) is 1. The van der Waals surface area contributed by atoms with Gasteiger partial charge in [0, 0.05) is 18.1 Å². The lowest BCUT2D eigenvalue weighted by atomic mass is 9.67. The highest BCUT2D eigenvalue weighted by atomic mass is 19.4. The minimum Gasteiger partial charge on any atom is -0.357 e. The van der Waals surface area contributed by atoms with Gasteiger partial charge in [0.15, 0.2) is 0 Å². The number of benzene rings is 5. The predicted molar refractivity (Wildman–Crippen MR) is 169 cm³/mol. The minimum atomic E-state index is -5.06. The Labute approximate surface area is 261 Å². The maximum atomic E-state index is 14.9. The van der Waals surface area contributed by atoms with Crippen molar-refractivity contribution in [3.63, 3.8) is 0 Å². The summed E-state index contributed by atoms with van der Waals surface area (Å²) in [5.41, 5.74) is -1.47. The molecule has 0 amide bonds. The second kappa shape index (κ2) is 11.9. The fraction of sp³-hybridized carbons (Fsp3) is 0.175. The van der Waals surface area contributed by atoms with Crippen LogP contribution < -0.4 is 0 Å². The van der Waals surface area contributed by atoms with Crippen molar-refractivity contribution in [3.8, 4) is 11.8 Å². The quantitative estimate of drug-likeness (QED) is 0.132. The number of halogens is 3. The monoisotopic (exact) mass is 600 g/mol. The van der Waals surface area contributed by atoms with Gasteiger partial charge in [-0.2, -0.15) is 13.2 Å². The Morgan fingerprint density at radius 1 is 0.644 bits per heavy atom. The number of methoxy groups -OCH3 is 1. The molecular weight excluding hydrogens is 569 g/mol. The van der Waals surface area contributed by atoms with E-state index >= 15 is 0 Å². The zero-order chi connectivity index (χ0) is 31.5. The Bertz CT molecular complexity index is 1730. The molecule has 0 N–H and O–H groups in total. The number of Topliss-reactive ketones (excluding diaryl/α,β-unsaturated/α-hetero) is 1. The highest BCUT2D eigenvalue weighted by molar-refractivity contribution is 6.03. The molecule has 2 nitrogen and oxygen atoms in total. The summed E-state index contributed by atoms with van der Waals surface area (Å²) in [6, 6.07) is 46.3. The Hall–Kier alpha value is -4.92. The van der Waals surface area contributed by atoms with Crippen molar-refractivity contribution in [2.75, 3.05) is 7.11 Å². The van der Waals surface area contributed by atoms with Crippen molar-refractivity contribution in [2.45, 2.75) is 29.0 Å². The summed E-state index contributed by atoms with van der Waals surface area (Å²) in [5.74, 6) is 4.18. The molecule has 6 rings (SSSR count). The highest BCUT2D eigenvalue weighted by Crippen LogP contribution is 2.67. The third-order valence-electron chi connectivity index (χ3n) is 9.10. The molecule has 1 saturated carbocycles. The van der Waals surface area contributed by atoms with Crippen LogP contribution >= 0.6 is 0 Å². The first-order chi connectivity index (χ1) is 21.8. The second-order valence-corrected chi connectivity index (χ2v) is 11.3. The molecule has 45 heavy (non-hydrogen) atoms. The lowest BCUT2D eigenvalue weighted by Gasteiger charge is -2.35. The van der Waals surface area contributed by atoms with E-state index in [9.17, 15) is 18.0 Å². The topological polar surface area (TPSA) is 26.3 Å². The van der Waals surface area contributed by atoms with E-state index in [4.69, 9.17) is 4.74 Å². The smallest absolute Gasteiger partial charge is 0.357 e. The molecule has 0 heterocycles. The van der Waals surface area contributed by atoms with Gasteiger partial charge in [0.2, 0.25) is 0 Å². The molecule has 0 aromatic heterocycles. The molecule has 1 fully saturated rings. The van der Waals surface area contributed by atoms with E-state index in [0.717, 1.165) is 29.4 Å². The summed E-state index contributed by atoms with van der Waals surface area (Å²) in [6.45, 7) is 0. The molecule has 0 radical (unpaired) electrons. The third-order valence-corrected chi connectivity index (χ3v) is 9.10. The van der Waals surface area contributed by atoms with Gasteiger partial charge in [-0.25, -0.2) is 0 Å². The molecule has 0 aliphatic heterocycles. The summed E-state index contributed by atoms with van der Waals surface area (Å²) >= 11 is 0. The Kier molecular flexibility index (Phi) is 7.95. The van der Waals surface area contributed by atoms with Crippen LogP contribution in [0.3, 0.4) is 0 Å². The number of carbonyl (C=O) groups excluding carboxylic acids is 1. The number of hydrogen-bond acceptors (Lipinski definition) is 2.